The van der Waals surface area contributed by atoms with Gasteiger partial charge in [-0.2, -0.15) is 5.10 Å². The van der Waals surface area contributed by atoms with Gasteiger partial charge in [-0.25, -0.2) is 4.98 Å². The molecule has 0 aliphatic heterocycles. The Labute approximate surface area is 157 Å². The molecule has 0 aliphatic rings. The molecule has 0 atom stereocenters. The van der Waals surface area contributed by atoms with E-state index in [1.807, 2.05) is 20.0 Å². The number of aromatic nitrogens is 3. The SMILES string of the molecule is Cc1nn(C)c2nc(C(C)C)cc(C(=O)NCCN(C(C)C)C(C)C)c12. The largest absolute Gasteiger partial charge is 0.351 e. The van der Waals surface area contributed by atoms with E-state index < -0.39 is 0 Å². The average Bonchev–Trinajstić information content (AvgIpc) is 2.84. The van der Waals surface area contributed by atoms with Gasteiger partial charge in [0.25, 0.3) is 5.91 Å². The van der Waals surface area contributed by atoms with Crippen molar-refractivity contribution in [3.63, 3.8) is 0 Å². The average molecular weight is 360 g/mol. The first-order chi connectivity index (χ1) is 12.1. The van der Waals surface area contributed by atoms with Crippen molar-refractivity contribution >= 4 is 16.9 Å². The van der Waals surface area contributed by atoms with Crippen molar-refractivity contribution in [2.75, 3.05) is 13.1 Å². The van der Waals surface area contributed by atoms with Gasteiger partial charge in [-0.05, 0) is 46.6 Å². The number of hydrogen-bond acceptors (Lipinski definition) is 4. The van der Waals surface area contributed by atoms with Gasteiger partial charge in [-0.15, -0.1) is 0 Å². The molecule has 0 unspecified atom stereocenters. The van der Waals surface area contributed by atoms with Crippen LogP contribution in [0.4, 0.5) is 0 Å². The fourth-order valence-electron chi connectivity index (χ4n) is 3.45. The van der Waals surface area contributed by atoms with Gasteiger partial charge >= 0.3 is 0 Å². The Kier molecular flexibility index (Phi) is 6.39. The van der Waals surface area contributed by atoms with Crippen LogP contribution in [0, 0.1) is 6.92 Å². The third kappa shape index (κ3) is 4.23. The molecule has 0 saturated heterocycles. The molecule has 2 heterocycles. The molecule has 0 aromatic carbocycles. The highest BCUT2D eigenvalue weighted by atomic mass is 16.1. The van der Waals surface area contributed by atoms with Crippen LogP contribution < -0.4 is 5.32 Å². The fourth-order valence-corrected chi connectivity index (χ4v) is 3.45. The Morgan fingerprint density at radius 3 is 2.35 bits per heavy atom. The summed E-state index contributed by atoms with van der Waals surface area (Å²) in [6, 6.07) is 2.82. The Bertz CT molecular complexity index is 768. The number of hydrogen-bond donors (Lipinski definition) is 1. The summed E-state index contributed by atoms with van der Waals surface area (Å²) < 4.78 is 1.76. The third-order valence-electron chi connectivity index (χ3n) is 4.81. The van der Waals surface area contributed by atoms with E-state index in [1.54, 1.807) is 4.68 Å². The second-order valence-corrected chi connectivity index (χ2v) is 7.84. The highest BCUT2D eigenvalue weighted by Crippen LogP contribution is 2.24. The predicted molar refractivity (Wildman–Crippen MR) is 107 cm³/mol. The monoisotopic (exact) mass is 359 g/mol. The van der Waals surface area contributed by atoms with Crippen LogP contribution in [-0.4, -0.2) is 50.7 Å². The quantitative estimate of drug-likeness (QED) is 0.824. The highest BCUT2D eigenvalue weighted by molar-refractivity contribution is 6.06. The number of pyridine rings is 1. The number of carbonyl (C=O) groups excluding carboxylic acids is 1. The van der Waals surface area contributed by atoms with E-state index in [4.69, 9.17) is 4.98 Å². The molecular formula is C20H33N5O. The predicted octanol–water partition coefficient (Wildman–Crippen LogP) is 3.25. The highest BCUT2D eigenvalue weighted by Gasteiger charge is 2.20. The van der Waals surface area contributed by atoms with Gasteiger partial charge < -0.3 is 5.32 Å². The Hall–Kier alpha value is -1.95. The third-order valence-corrected chi connectivity index (χ3v) is 4.81. The molecule has 1 amide bonds. The van der Waals surface area contributed by atoms with Crippen LogP contribution >= 0.6 is 0 Å². The molecule has 6 nitrogen and oxygen atoms in total. The summed E-state index contributed by atoms with van der Waals surface area (Å²) in [5.74, 6) is 0.196. The molecule has 26 heavy (non-hydrogen) atoms. The molecule has 0 aliphatic carbocycles. The van der Waals surface area contributed by atoms with E-state index in [-0.39, 0.29) is 11.8 Å². The molecule has 0 bridgehead atoms. The molecule has 2 aromatic rings. The second-order valence-electron chi connectivity index (χ2n) is 7.84. The number of fused-ring (bicyclic) bond motifs is 1. The van der Waals surface area contributed by atoms with Crippen molar-refractivity contribution in [2.45, 2.75) is 66.5 Å². The maximum Gasteiger partial charge on any atom is 0.252 e. The fraction of sp³-hybridized carbons (Fsp3) is 0.650. The number of rotatable bonds is 7. The van der Waals surface area contributed by atoms with Gasteiger partial charge in [-0.1, -0.05) is 13.8 Å². The van der Waals surface area contributed by atoms with Gasteiger partial charge in [0.05, 0.1) is 16.6 Å². The van der Waals surface area contributed by atoms with Gasteiger partial charge in [0.15, 0.2) is 5.65 Å². The topological polar surface area (TPSA) is 63.1 Å². The molecule has 0 spiro atoms. The number of aryl methyl sites for hydroxylation is 2. The van der Waals surface area contributed by atoms with E-state index in [2.05, 4.69) is 56.9 Å². The van der Waals surface area contributed by atoms with Crippen molar-refractivity contribution in [3.05, 3.63) is 23.0 Å². The van der Waals surface area contributed by atoms with Gasteiger partial charge in [0.2, 0.25) is 0 Å². The van der Waals surface area contributed by atoms with Crippen molar-refractivity contribution in [2.24, 2.45) is 7.05 Å². The minimum absolute atomic E-state index is 0.0529. The standard InChI is InChI=1S/C20H33N5O/c1-12(2)17-11-16(18-15(7)23-24(8)19(18)22-17)20(26)21-9-10-25(13(3)4)14(5)6/h11-14H,9-10H2,1-8H3,(H,21,26). The first-order valence-electron chi connectivity index (χ1n) is 9.51. The maximum absolute atomic E-state index is 12.9. The molecule has 1 N–H and O–H groups in total. The molecule has 144 valence electrons. The number of carbonyl (C=O) groups is 1. The van der Waals surface area contributed by atoms with Gasteiger partial charge in [0, 0.05) is 37.9 Å². The minimum Gasteiger partial charge on any atom is -0.351 e. The van der Waals surface area contributed by atoms with Crippen LogP contribution in [-0.2, 0) is 7.05 Å². The zero-order valence-corrected chi connectivity index (χ0v) is 17.4. The van der Waals surface area contributed by atoms with Crippen LogP contribution in [0.3, 0.4) is 0 Å². The van der Waals surface area contributed by atoms with Crippen LogP contribution in [0.2, 0.25) is 0 Å². The lowest BCUT2D eigenvalue weighted by atomic mass is 10.0. The van der Waals surface area contributed by atoms with Crippen molar-refractivity contribution < 1.29 is 4.79 Å². The summed E-state index contributed by atoms with van der Waals surface area (Å²) in [6.45, 7) is 16.3. The molecular weight excluding hydrogens is 326 g/mol. The van der Waals surface area contributed by atoms with Crippen molar-refractivity contribution in [1.82, 2.24) is 25.0 Å². The smallest absolute Gasteiger partial charge is 0.252 e. The Balaban J connectivity index is 2.26. The van der Waals surface area contributed by atoms with E-state index in [1.165, 1.54) is 0 Å². The van der Waals surface area contributed by atoms with Gasteiger partial charge in [-0.3, -0.25) is 14.4 Å². The first-order valence-corrected chi connectivity index (χ1v) is 9.51. The molecule has 6 heteroatoms. The number of nitrogens with one attached hydrogen (secondary N) is 1. The minimum atomic E-state index is -0.0529. The van der Waals surface area contributed by atoms with Crippen molar-refractivity contribution in [3.8, 4) is 0 Å². The number of amides is 1. The van der Waals surface area contributed by atoms with E-state index in [0.717, 1.165) is 29.0 Å². The van der Waals surface area contributed by atoms with Crippen LogP contribution in [0.15, 0.2) is 6.07 Å². The molecule has 2 aromatic heterocycles. The molecule has 2 rings (SSSR count). The second kappa shape index (κ2) is 8.16. The first kappa shape index (κ1) is 20.4. The summed E-state index contributed by atoms with van der Waals surface area (Å²) in [5, 5.41) is 8.39. The summed E-state index contributed by atoms with van der Waals surface area (Å²) in [5.41, 5.74) is 3.19. The normalized spacial score (nSPS) is 12.2. The summed E-state index contributed by atoms with van der Waals surface area (Å²) in [4.78, 5) is 20.0. The zero-order valence-electron chi connectivity index (χ0n) is 17.4. The summed E-state index contributed by atoms with van der Waals surface area (Å²) in [7, 11) is 1.87. The van der Waals surface area contributed by atoms with Crippen molar-refractivity contribution in [1.29, 1.82) is 0 Å². The summed E-state index contributed by atoms with van der Waals surface area (Å²) in [6.07, 6.45) is 0. The van der Waals surface area contributed by atoms with E-state index >= 15 is 0 Å². The lowest BCUT2D eigenvalue weighted by Gasteiger charge is -2.30. The Morgan fingerprint density at radius 1 is 1.19 bits per heavy atom. The van der Waals surface area contributed by atoms with Crippen LogP contribution in [0.5, 0.6) is 0 Å². The van der Waals surface area contributed by atoms with Crippen LogP contribution in [0.1, 0.15) is 69.2 Å². The summed E-state index contributed by atoms with van der Waals surface area (Å²) >= 11 is 0. The molecule has 0 radical (unpaired) electrons. The maximum atomic E-state index is 12.9. The molecule has 0 fully saturated rings. The zero-order chi connectivity index (χ0) is 19.6. The molecule has 0 saturated carbocycles. The Morgan fingerprint density at radius 2 is 1.81 bits per heavy atom. The van der Waals surface area contributed by atoms with Crippen LogP contribution in [0.25, 0.3) is 11.0 Å². The lowest BCUT2D eigenvalue weighted by molar-refractivity contribution is 0.0941. The van der Waals surface area contributed by atoms with E-state index in [0.29, 0.717) is 24.2 Å². The lowest BCUT2D eigenvalue weighted by Crippen LogP contribution is -2.42. The van der Waals surface area contributed by atoms with Gasteiger partial charge in [0.1, 0.15) is 0 Å². The number of nitrogens with zero attached hydrogens (tertiary/aromatic N) is 4. The van der Waals surface area contributed by atoms with E-state index in [9.17, 15) is 4.79 Å².